The van der Waals surface area contributed by atoms with Gasteiger partial charge in [0.2, 0.25) is 5.91 Å². The molecule has 0 aliphatic carbocycles. The van der Waals surface area contributed by atoms with Crippen molar-refractivity contribution >= 4 is 5.91 Å². The van der Waals surface area contributed by atoms with Gasteiger partial charge in [-0.15, -0.1) is 0 Å². The number of amides is 1. The lowest BCUT2D eigenvalue weighted by Gasteiger charge is -2.18. The zero-order chi connectivity index (χ0) is 13.0. The van der Waals surface area contributed by atoms with Crippen molar-refractivity contribution in [2.45, 2.75) is 25.3 Å². The molecule has 1 atom stereocenters. The third-order valence-corrected chi connectivity index (χ3v) is 3.79. The van der Waals surface area contributed by atoms with Crippen LogP contribution in [0.3, 0.4) is 0 Å². The van der Waals surface area contributed by atoms with Crippen LogP contribution >= 0.6 is 0 Å². The standard InChI is InChI=1S/C14H23N3O/c1-15(2)13-7-12-17(14(13)18)11-6-5-10-16-8-3-4-9-16/h13H,3-4,7-12H2,1-2H3/t13-/m0/s1. The predicted octanol–water partition coefficient (Wildman–Crippen LogP) is 0.248. The molecule has 2 aliphatic rings. The monoisotopic (exact) mass is 249 g/mol. The molecule has 0 aromatic carbocycles. The van der Waals surface area contributed by atoms with Gasteiger partial charge in [0, 0.05) is 6.54 Å². The molecule has 0 spiro atoms. The number of carbonyl (C=O) groups is 1. The number of hydrogen-bond donors (Lipinski definition) is 0. The van der Waals surface area contributed by atoms with Crippen molar-refractivity contribution in [3.05, 3.63) is 0 Å². The molecular formula is C14H23N3O. The van der Waals surface area contributed by atoms with Gasteiger partial charge in [0.25, 0.3) is 0 Å². The van der Waals surface area contributed by atoms with E-state index >= 15 is 0 Å². The average Bonchev–Trinajstić information content (AvgIpc) is 2.95. The van der Waals surface area contributed by atoms with Crippen LogP contribution in [0.5, 0.6) is 0 Å². The topological polar surface area (TPSA) is 26.8 Å². The highest BCUT2D eigenvalue weighted by Gasteiger charge is 2.32. The molecule has 2 aliphatic heterocycles. The van der Waals surface area contributed by atoms with E-state index in [-0.39, 0.29) is 11.9 Å². The summed E-state index contributed by atoms with van der Waals surface area (Å²) in [6.45, 7) is 4.66. The number of rotatable bonds is 3. The Morgan fingerprint density at radius 2 is 1.83 bits per heavy atom. The van der Waals surface area contributed by atoms with Crippen molar-refractivity contribution in [2.24, 2.45) is 0 Å². The van der Waals surface area contributed by atoms with Gasteiger partial charge in [-0.05, 0) is 46.4 Å². The summed E-state index contributed by atoms with van der Waals surface area (Å²) in [5, 5.41) is 0. The summed E-state index contributed by atoms with van der Waals surface area (Å²) in [5.74, 6) is 6.56. The van der Waals surface area contributed by atoms with E-state index in [9.17, 15) is 4.79 Å². The third-order valence-electron chi connectivity index (χ3n) is 3.79. The van der Waals surface area contributed by atoms with Gasteiger partial charge < -0.3 is 4.90 Å². The lowest BCUT2D eigenvalue weighted by molar-refractivity contribution is -0.130. The van der Waals surface area contributed by atoms with Crippen LogP contribution in [0.1, 0.15) is 19.3 Å². The van der Waals surface area contributed by atoms with E-state index in [1.807, 2.05) is 23.9 Å². The van der Waals surface area contributed by atoms with Crippen molar-refractivity contribution in [2.75, 3.05) is 46.8 Å². The van der Waals surface area contributed by atoms with Crippen molar-refractivity contribution in [3.63, 3.8) is 0 Å². The molecule has 4 nitrogen and oxygen atoms in total. The van der Waals surface area contributed by atoms with Gasteiger partial charge in [0.15, 0.2) is 0 Å². The Balaban J connectivity index is 1.74. The summed E-state index contributed by atoms with van der Waals surface area (Å²) in [6, 6.07) is 0.0605. The quantitative estimate of drug-likeness (QED) is 0.671. The van der Waals surface area contributed by atoms with E-state index in [1.54, 1.807) is 0 Å². The molecule has 4 heteroatoms. The fourth-order valence-electron chi connectivity index (χ4n) is 2.62. The second-order valence-corrected chi connectivity index (χ2v) is 5.36. The highest BCUT2D eigenvalue weighted by Crippen LogP contribution is 2.14. The molecule has 2 heterocycles. The zero-order valence-electron chi connectivity index (χ0n) is 11.5. The Bertz CT molecular complexity index is 350. The minimum atomic E-state index is 0.0605. The first-order valence-corrected chi connectivity index (χ1v) is 6.82. The summed E-state index contributed by atoms with van der Waals surface area (Å²) < 4.78 is 0. The molecule has 0 radical (unpaired) electrons. The first kappa shape index (κ1) is 13.4. The average molecular weight is 249 g/mol. The van der Waals surface area contributed by atoms with Crippen LogP contribution in [-0.4, -0.2) is 73.5 Å². The predicted molar refractivity (Wildman–Crippen MR) is 72.1 cm³/mol. The molecular weight excluding hydrogens is 226 g/mol. The van der Waals surface area contributed by atoms with Gasteiger partial charge in [-0.3, -0.25) is 14.6 Å². The summed E-state index contributed by atoms with van der Waals surface area (Å²) >= 11 is 0. The Hall–Kier alpha value is -1.05. The van der Waals surface area contributed by atoms with Gasteiger partial charge in [0.1, 0.15) is 0 Å². The largest absolute Gasteiger partial charge is 0.330 e. The molecule has 0 N–H and O–H groups in total. The van der Waals surface area contributed by atoms with Crippen LogP contribution in [0.15, 0.2) is 0 Å². The highest BCUT2D eigenvalue weighted by molar-refractivity contribution is 5.84. The molecule has 0 bridgehead atoms. The number of hydrogen-bond acceptors (Lipinski definition) is 3. The first-order chi connectivity index (χ1) is 8.68. The lowest BCUT2D eigenvalue weighted by atomic mass is 10.2. The Morgan fingerprint density at radius 1 is 1.17 bits per heavy atom. The molecule has 2 fully saturated rings. The van der Waals surface area contributed by atoms with Crippen LogP contribution in [-0.2, 0) is 4.79 Å². The SMILES string of the molecule is CN(C)[C@H]1CCN(CC#CCN2CCCC2)C1=O. The van der Waals surface area contributed by atoms with E-state index in [1.165, 1.54) is 25.9 Å². The summed E-state index contributed by atoms with van der Waals surface area (Å²) in [5.41, 5.74) is 0. The number of carbonyl (C=O) groups excluding carboxylic acids is 1. The fraction of sp³-hybridized carbons (Fsp3) is 0.786. The van der Waals surface area contributed by atoms with E-state index in [4.69, 9.17) is 0 Å². The maximum Gasteiger partial charge on any atom is 0.240 e. The summed E-state index contributed by atoms with van der Waals surface area (Å²) in [4.78, 5) is 18.3. The molecule has 100 valence electrons. The van der Waals surface area contributed by atoms with Crippen LogP contribution in [0.4, 0.5) is 0 Å². The molecule has 0 aromatic rings. The third kappa shape index (κ3) is 3.24. The first-order valence-electron chi connectivity index (χ1n) is 6.82. The second kappa shape index (κ2) is 6.21. The summed E-state index contributed by atoms with van der Waals surface area (Å²) in [6.07, 6.45) is 3.53. The molecule has 2 rings (SSSR count). The van der Waals surface area contributed by atoms with Gasteiger partial charge in [0.05, 0.1) is 19.1 Å². The van der Waals surface area contributed by atoms with Crippen molar-refractivity contribution in [1.82, 2.24) is 14.7 Å². The molecule has 0 saturated carbocycles. The van der Waals surface area contributed by atoms with Crippen molar-refractivity contribution in [3.8, 4) is 11.8 Å². The maximum absolute atomic E-state index is 12.0. The Kier molecular flexibility index (Phi) is 4.62. The Morgan fingerprint density at radius 3 is 2.44 bits per heavy atom. The van der Waals surface area contributed by atoms with E-state index in [2.05, 4.69) is 16.7 Å². The van der Waals surface area contributed by atoms with Gasteiger partial charge >= 0.3 is 0 Å². The van der Waals surface area contributed by atoms with Gasteiger partial charge in [-0.25, -0.2) is 0 Å². The van der Waals surface area contributed by atoms with E-state index in [0.717, 1.165) is 19.5 Å². The lowest BCUT2D eigenvalue weighted by Crippen LogP contribution is -2.37. The summed E-state index contributed by atoms with van der Waals surface area (Å²) in [7, 11) is 3.93. The number of nitrogens with zero attached hydrogens (tertiary/aromatic N) is 3. The maximum atomic E-state index is 12.0. The van der Waals surface area contributed by atoms with E-state index < -0.39 is 0 Å². The minimum Gasteiger partial charge on any atom is -0.330 e. The molecule has 2 saturated heterocycles. The molecule has 0 aromatic heterocycles. The normalized spacial score (nSPS) is 24.7. The van der Waals surface area contributed by atoms with Gasteiger partial charge in [-0.1, -0.05) is 11.8 Å². The van der Waals surface area contributed by atoms with Crippen LogP contribution in [0.2, 0.25) is 0 Å². The highest BCUT2D eigenvalue weighted by atomic mass is 16.2. The smallest absolute Gasteiger partial charge is 0.240 e. The van der Waals surface area contributed by atoms with Crippen molar-refractivity contribution in [1.29, 1.82) is 0 Å². The van der Waals surface area contributed by atoms with Crippen LogP contribution < -0.4 is 0 Å². The molecule has 18 heavy (non-hydrogen) atoms. The van der Waals surface area contributed by atoms with E-state index in [0.29, 0.717) is 6.54 Å². The molecule has 0 unspecified atom stereocenters. The second-order valence-electron chi connectivity index (χ2n) is 5.36. The Labute approximate surface area is 110 Å². The van der Waals surface area contributed by atoms with Crippen LogP contribution in [0, 0.1) is 11.8 Å². The number of likely N-dealkylation sites (N-methyl/N-ethyl adjacent to an activating group) is 1. The fourth-order valence-corrected chi connectivity index (χ4v) is 2.62. The minimum absolute atomic E-state index is 0.0605. The van der Waals surface area contributed by atoms with Crippen LogP contribution in [0.25, 0.3) is 0 Å². The number of likely N-dealkylation sites (tertiary alicyclic amines) is 2. The zero-order valence-corrected chi connectivity index (χ0v) is 11.5. The van der Waals surface area contributed by atoms with Gasteiger partial charge in [-0.2, -0.15) is 0 Å². The molecule has 1 amide bonds. The van der Waals surface area contributed by atoms with Crippen molar-refractivity contribution < 1.29 is 4.79 Å².